The van der Waals surface area contributed by atoms with Crippen LogP contribution in [-0.2, 0) is 0 Å². The third kappa shape index (κ3) is 3.93. The predicted octanol–water partition coefficient (Wildman–Crippen LogP) is 3.59. The van der Waals surface area contributed by atoms with Crippen LogP contribution in [0.2, 0.25) is 0 Å². The van der Waals surface area contributed by atoms with E-state index in [9.17, 15) is 30.3 Å². The number of non-ortho nitro benzene ring substituents is 1. The van der Waals surface area contributed by atoms with E-state index in [2.05, 4.69) is 0 Å². The van der Waals surface area contributed by atoms with E-state index in [1.165, 1.54) is 19.3 Å². The highest BCUT2D eigenvalue weighted by Crippen LogP contribution is 2.35. The van der Waals surface area contributed by atoms with Gasteiger partial charge in [0.05, 0.1) is 34.0 Å². The second-order valence-electron chi connectivity index (χ2n) is 4.78. The molecule has 0 aromatic heterocycles. The maximum absolute atomic E-state index is 11.2. The minimum atomic E-state index is -0.920. The van der Waals surface area contributed by atoms with Crippen LogP contribution in [0.25, 0.3) is 12.2 Å². The molecule has 0 unspecified atom stereocenters. The Morgan fingerprint density at radius 1 is 0.840 bits per heavy atom. The second kappa shape index (κ2) is 7.17. The van der Waals surface area contributed by atoms with Gasteiger partial charge in [-0.25, -0.2) is 0 Å². The average Bonchev–Trinajstić information content (AvgIpc) is 2.59. The van der Waals surface area contributed by atoms with Crippen molar-refractivity contribution in [1.82, 2.24) is 0 Å². The molecule has 2 rings (SSSR count). The quantitative estimate of drug-likeness (QED) is 0.443. The highest BCUT2D eigenvalue weighted by atomic mass is 16.6. The maximum atomic E-state index is 11.2. The summed E-state index contributed by atoms with van der Waals surface area (Å²) in [5.74, 6) is 0.601. The topological polar surface area (TPSA) is 139 Å². The Morgan fingerprint density at radius 2 is 1.36 bits per heavy atom. The van der Waals surface area contributed by atoms with Gasteiger partial charge in [0.2, 0.25) is 0 Å². The van der Waals surface area contributed by atoms with Crippen molar-refractivity contribution in [3.63, 3.8) is 0 Å². The van der Waals surface area contributed by atoms with E-state index >= 15 is 0 Å². The summed E-state index contributed by atoms with van der Waals surface area (Å²) in [7, 11) is 1.49. The molecule has 128 valence electrons. The molecule has 0 aliphatic carbocycles. The molecule has 0 aliphatic heterocycles. The van der Waals surface area contributed by atoms with Crippen LogP contribution in [0, 0.1) is 30.3 Å². The average molecular weight is 345 g/mol. The van der Waals surface area contributed by atoms with Gasteiger partial charge in [-0.15, -0.1) is 0 Å². The van der Waals surface area contributed by atoms with Crippen LogP contribution in [0.4, 0.5) is 17.1 Å². The number of hydrogen-bond acceptors (Lipinski definition) is 7. The van der Waals surface area contributed by atoms with Crippen LogP contribution >= 0.6 is 0 Å². The summed E-state index contributed by atoms with van der Waals surface area (Å²) in [5.41, 5.74) is -1.87. The van der Waals surface area contributed by atoms with Gasteiger partial charge in [-0.1, -0.05) is 18.2 Å². The number of rotatable bonds is 6. The first-order valence-electron chi connectivity index (χ1n) is 6.77. The number of nitro benzene ring substituents is 3. The van der Waals surface area contributed by atoms with Crippen molar-refractivity contribution in [1.29, 1.82) is 0 Å². The fourth-order valence-electron chi connectivity index (χ4n) is 2.08. The van der Waals surface area contributed by atoms with Gasteiger partial charge in [-0.2, -0.15) is 0 Å². The zero-order valence-corrected chi connectivity index (χ0v) is 12.8. The van der Waals surface area contributed by atoms with E-state index in [1.54, 1.807) is 24.3 Å². The third-order valence-electron chi connectivity index (χ3n) is 3.28. The number of methoxy groups -OCH3 is 1. The molecule has 2 aromatic rings. The summed E-state index contributed by atoms with van der Waals surface area (Å²) in [6.45, 7) is 0. The predicted molar refractivity (Wildman–Crippen MR) is 88.3 cm³/mol. The van der Waals surface area contributed by atoms with Crippen molar-refractivity contribution in [2.45, 2.75) is 0 Å². The van der Waals surface area contributed by atoms with Crippen LogP contribution in [0.5, 0.6) is 5.75 Å². The van der Waals surface area contributed by atoms with Gasteiger partial charge in [0.1, 0.15) is 11.3 Å². The Hall–Kier alpha value is -3.82. The minimum absolute atomic E-state index is 0.323. The zero-order valence-electron chi connectivity index (χ0n) is 12.8. The Balaban J connectivity index is 2.57. The smallest absolute Gasteiger partial charge is 0.290 e. The summed E-state index contributed by atoms with van der Waals surface area (Å²) in [6, 6.07) is 7.99. The van der Waals surface area contributed by atoms with Crippen LogP contribution in [0.15, 0.2) is 36.4 Å². The summed E-state index contributed by atoms with van der Waals surface area (Å²) in [4.78, 5) is 30.5. The lowest BCUT2D eigenvalue weighted by Gasteiger charge is -2.02. The van der Waals surface area contributed by atoms with Crippen molar-refractivity contribution in [3.05, 3.63) is 77.9 Å². The molecule has 2 aromatic carbocycles. The van der Waals surface area contributed by atoms with Crippen molar-refractivity contribution in [2.75, 3.05) is 7.11 Å². The van der Waals surface area contributed by atoms with Crippen molar-refractivity contribution < 1.29 is 19.5 Å². The molecule has 0 heterocycles. The van der Waals surface area contributed by atoms with Gasteiger partial charge in [-0.05, 0) is 23.8 Å². The molecular weight excluding hydrogens is 334 g/mol. The Kier molecular flexibility index (Phi) is 5.03. The number of hydrogen-bond donors (Lipinski definition) is 0. The molecule has 0 spiro atoms. The lowest BCUT2D eigenvalue weighted by atomic mass is 10.1. The van der Waals surface area contributed by atoms with Gasteiger partial charge in [0.25, 0.3) is 17.1 Å². The van der Waals surface area contributed by atoms with Gasteiger partial charge in [0, 0.05) is 0 Å². The molecule has 0 saturated heterocycles. The highest BCUT2D eigenvalue weighted by molar-refractivity contribution is 5.81. The van der Waals surface area contributed by atoms with E-state index in [-0.39, 0.29) is 5.56 Å². The first kappa shape index (κ1) is 17.5. The summed E-state index contributed by atoms with van der Waals surface area (Å²) < 4.78 is 5.00. The van der Waals surface area contributed by atoms with Gasteiger partial charge >= 0.3 is 0 Å². The first-order valence-corrected chi connectivity index (χ1v) is 6.77. The molecule has 25 heavy (non-hydrogen) atoms. The maximum Gasteiger partial charge on any atom is 0.290 e. The number of nitro groups is 3. The van der Waals surface area contributed by atoms with Gasteiger partial charge in [0.15, 0.2) is 0 Å². The fourth-order valence-corrected chi connectivity index (χ4v) is 2.08. The summed E-state index contributed by atoms with van der Waals surface area (Å²) in [6.07, 6.45) is 2.61. The largest absolute Gasteiger partial charge is 0.497 e. The molecule has 0 bridgehead atoms. The van der Waals surface area contributed by atoms with Crippen LogP contribution < -0.4 is 4.74 Å². The van der Waals surface area contributed by atoms with E-state index in [4.69, 9.17) is 4.74 Å². The molecule has 0 N–H and O–H groups in total. The number of ether oxygens (including phenoxy) is 1. The van der Waals surface area contributed by atoms with Crippen molar-refractivity contribution in [3.8, 4) is 5.75 Å². The molecule has 0 aliphatic rings. The summed E-state index contributed by atoms with van der Waals surface area (Å²) in [5, 5.41) is 33.2. The molecule has 0 atom stereocenters. The van der Waals surface area contributed by atoms with Crippen molar-refractivity contribution >= 4 is 29.2 Å². The van der Waals surface area contributed by atoms with E-state index in [1.807, 2.05) is 0 Å². The van der Waals surface area contributed by atoms with E-state index < -0.39 is 31.8 Å². The number of benzene rings is 2. The molecule has 10 nitrogen and oxygen atoms in total. The fraction of sp³-hybridized carbons (Fsp3) is 0.0667. The Morgan fingerprint density at radius 3 is 1.76 bits per heavy atom. The summed E-state index contributed by atoms with van der Waals surface area (Å²) >= 11 is 0. The SMILES string of the molecule is COc1ccc(C=Cc2c([N+](=O)[O-])cc([N+](=O)[O-])cc2[N+](=O)[O-])cc1. The van der Waals surface area contributed by atoms with Crippen LogP contribution in [-0.4, -0.2) is 21.9 Å². The third-order valence-corrected chi connectivity index (χ3v) is 3.28. The van der Waals surface area contributed by atoms with Crippen LogP contribution in [0.1, 0.15) is 11.1 Å². The van der Waals surface area contributed by atoms with Crippen molar-refractivity contribution in [2.24, 2.45) is 0 Å². The monoisotopic (exact) mass is 345 g/mol. The standard InChI is InChI=1S/C15H11N3O7/c1-25-12-5-2-10(3-6-12)4-7-13-14(17(21)22)8-11(16(19)20)9-15(13)18(23)24/h2-9H,1H3. The molecular formula is C15H11N3O7. The molecule has 0 fully saturated rings. The Labute approximate surface area is 140 Å². The zero-order chi connectivity index (χ0) is 18.6. The first-order chi connectivity index (χ1) is 11.8. The molecule has 10 heteroatoms. The minimum Gasteiger partial charge on any atom is -0.497 e. The van der Waals surface area contributed by atoms with E-state index in [0.717, 1.165) is 0 Å². The lowest BCUT2D eigenvalue weighted by Crippen LogP contribution is -2.00. The van der Waals surface area contributed by atoms with Gasteiger partial charge in [-0.3, -0.25) is 30.3 Å². The van der Waals surface area contributed by atoms with E-state index in [0.29, 0.717) is 23.4 Å². The Bertz CT molecular complexity index is 840. The molecule has 0 radical (unpaired) electrons. The molecule has 0 saturated carbocycles. The normalized spacial score (nSPS) is 10.6. The van der Waals surface area contributed by atoms with Crippen LogP contribution in [0.3, 0.4) is 0 Å². The lowest BCUT2D eigenvalue weighted by molar-refractivity contribution is -0.403. The second-order valence-corrected chi connectivity index (χ2v) is 4.78. The highest BCUT2D eigenvalue weighted by Gasteiger charge is 2.28. The van der Waals surface area contributed by atoms with Gasteiger partial charge < -0.3 is 4.74 Å². The number of nitrogens with zero attached hydrogens (tertiary/aromatic N) is 3. The molecule has 0 amide bonds.